The van der Waals surface area contributed by atoms with E-state index in [1.807, 2.05) is 0 Å². The highest BCUT2D eigenvalue weighted by molar-refractivity contribution is 5.74. The summed E-state index contributed by atoms with van der Waals surface area (Å²) in [6.07, 6.45) is 59.4. The van der Waals surface area contributed by atoms with Crippen LogP contribution in [0.2, 0.25) is 0 Å². The fraction of sp³-hybridized carbons (Fsp3) is 0.701. The Morgan fingerprint density at radius 3 is 1.23 bits per heavy atom. The second kappa shape index (κ2) is 54.2. The van der Waals surface area contributed by atoms with E-state index in [1.165, 1.54) is 25.7 Å². The number of carbonyl (C=O) groups is 4. The van der Waals surface area contributed by atoms with Crippen LogP contribution in [-0.4, -0.2) is 89.2 Å². The molecule has 1 rings (SSSR count). The molecule has 0 aromatic heterocycles. The molecule has 0 amide bonds. The largest absolute Gasteiger partial charge is 0.479 e. The lowest BCUT2D eigenvalue weighted by atomic mass is 9.98. The number of allylic oxidation sites excluding steroid dienone is 16. The molecular formula is C67H110O12. The monoisotopic (exact) mass is 1110 g/mol. The highest BCUT2D eigenvalue weighted by Gasteiger charge is 2.50. The Morgan fingerprint density at radius 1 is 0.430 bits per heavy atom. The molecule has 0 spiro atoms. The number of unbranched alkanes of at least 4 members (excludes halogenated alkanes) is 22. The number of aliphatic carboxylic acids is 1. The number of esters is 3. The summed E-state index contributed by atoms with van der Waals surface area (Å²) >= 11 is 0. The van der Waals surface area contributed by atoms with Crippen LogP contribution in [0, 0.1) is 0 Å². The molecule has 12 nitrogen and oxygen atoms in total. The fourth-order valence-corrected chi connectivity index (χ4v) is 8.90. The molecule has 0 aromatic rings. The van der Waals surface area contributed by atoms with Gasteiger partial charge < -0.3 is 39.0 Å². The molecule has 6 unspecified atom stereocenters. The van der Waals surface area contributed by atoms with Gasteiger partial charge in [0.15, 0.2) is 24.6 Å². The third-order valence-corrected chi connectivity index (χ3v) is 13.6. The number of carboxylic acids is 1. The summed E-state index contributed by atoms with van der Waals surface area (Å²) in [5.41, 5.74) is 0. The van der Waals surface area contributed by atoms with Gasteiger partial charge in [0, 0.05) is 19.3 Å². The first-order valence-electron chi connectivity index (χ1n) is 31.2. The van der Waals surface area contributed by atoms with E-state index in [-0.39, 0.29) is 25.9 Å². The minimum Gasteiger partial charge on any atom is -0.479 e. The van der Waals surface area contributed by atoms with Crippen LogP contribution >= 0.6 is 0 Å². The number of aliphatic hydroxyl groups is 2. The van der Waals surface area contributed by atoms with Crippen LogP contribution in [0.5, 0.6) is 0 Å². The summed E-state index contributed by atoms with van der Waals surface area (Å²) in [5, 5.41) is 31.5. The average Bonchev–Trinajstić information content (AvgIpc) is 3.44. The van der Waals surface area contributed by atoms with Crippen molar-refractivity contribution in [1.82, 2.24) is 0 Å². The van der Waals surface area contributed by atoms with Crippen molar-refractivity contribution < 1.29 is 58.2 Å². The first-order valence-corrected chi connectivity index (χ1v) is 31.2. The van der Waals surface area contributed by atoms with Gasteiger partial charge in [-0.2, -0.15) is 0 Å². The maximum atomic E-state index is 13.2. The van der Waals surface area contributed by atoms with Crippen LogP contribution in [0.25, 0.3) is 0 Å². The summed E-state index contributed by atoms with van der Waals surface area (Å²) in [4.78, 5) is 51.2. The van der Waals surface area contributed by atoms with Gasteiger partial charge in [-0.15, -0.1) is 0 Å². The van der Waals surface area contributed by atoms with Crippen LogP contribution in [0.4, 0.5) is 0 Å². The molecule has 12 heteroatoms. The molecule has 0 saturated carbocycles. The molecule has 3 N–H and O–H groups in total. The van der Waals surface area contributed by atoms with Gasteiger partial charge in [0.25, 0.3) is 0 Å². The number of rotatable bonds is 52. The Balaban J connectivity index is 2.69. The van der Waals surface area contributed by atoms with E-state index >= 15 is 0 Å². The van der Waals surface area contributed by atoms with Crippen molar-refractivity contribution >= 4 is 23.9 Å². The minimum atomic E-state index is -1.91. The Hall–Kier alpha value is -4.36. The molecule has 0 aromatic carbocycles. The van der Waals surface area contributed by atoms with Gasteiger partial charge >= 0.3 is 23.9 Å². The normalized spacial score (nSPS) is 18.5. The Morgan fingerprint density at radius 2 is 0.797 bits per heavy atom. The number of hydrogen-bond acceptors (Lipinski definition) is 11. The van der Waals surface area contributed by atoms with Crippen molar-refractivity contribution in [1.29, 1.82) is 0 Å². The smallest absolute Gasteiger partial charge is 0.335 e. The molecule has 79 heavy (non-hydrogen) atoms. The molecular weight excluding hydrogens is 997 g/mol. The number of aliphatic hydroxyl groups excluding tert-OH is 2. The summed E-state index contributed by atoms with van der Waals surface area (Å²) in [7, 11) is 0. The van der Waals surface area contributed by atoms with Crippen molar-refractivity contribution in [2.24, 2.45) is 0 Å². The van der Waals surface area contributed by atoms with E-state index in [2.05, 4.69) is 118 Å². The third-order valence-electron chi connectivity index (χ3n) is 13.6. The first-order chi connectivity index (χ1) is 38.6. The van der Waals surface area contributed by atoms with Crippen molar-refractivity contribution in [3.63, 3.8) is 0 Å². The summed E-state index contributed by atoms with van der Waals surface area (Å²) in [6.45, 7) is 5.74. The molecule has 1 aliphatic heterocycles. The predicted molar refractivity (Wildman–Crippen MR) is 321 cm³/mol. The standard InChI is InChI=1S/C67H110O12/c1-4-7-10-13-16-19-22-25-27-29-30-32-33-36-38-41-44-47-50-53-59(68)75-56-58(77-60(69)54-51-48-45-42-40-37-34-31-28-26-23-20-17-14-11-8-5-2)57-76-67-65(63(72)62(71)64(79-67)66(73)74)78-61(70)55-52-49-46-43-39-35-24-21-18-15-12-9-6-3/h7-8,10-11,16-17,19-21,24-28,30,32,58,62-65,67,71-72H,4-6,9,12-15,18,22-23,29,31,33-57H2,1-3H3,(H,73,74)/b10-7-,11-8-,19-16-,20-17-,24-21-,27-25-,28-26-,32-30-. The molecule has 1 aliphatic rings. The topological polar surface area (TPSA) is 175 Å². The number of hydrogen-bond donors (Lipinski definition) is 3. The average molecular weight is 1110 g/mol. The molecule has 0 radical (unpaired) electrons. The maximum Gasteiger partial charge on any atom is 0.335 e. The zero-order valence-corrected chi connectivity index (χ0v) is 49.6. The lowest BCUT2D eigenvalue weighted by Crippen LogP contribution is -2.61. The molecule has 1 saturated heterocycles. The van der Waals surface area contributed by atoms with Crippen molar-refractivity contribution in [2.45, 2.75) is 289 Å². The van der Waals surface area contributed by atoms with Crippen LogP contribution in [-0.2, 0) is 42.9 Å². The van der Waals surface area contributed by atoms with Crippen LogP contribution in [0.1, 0.15) is 252 Å². The SMILES string of the molecule is CC/C=C\C/C=C\C/C=C\C/C=C\CCCCCCCCC(=O)OCC(COC1OC(C(=O)O)C(O)C(O)C1OC(=O)CCCCCCC/C=C\CCCCCC)OC(=O)CCCCCCCCC/C=C\C/C=C\C/C=C\CC. The van der Waals surface area contributed by atoms with Gasteiger partial charge in [-0.05, 0) is 116 Å². The molecule has 450 valence electrons. The Labute approximate surface area is 479 Å². The van der Waals surface area contributed by atoms with Gasteiger partial charge in [-0.1, -0.05) is 214 Å². The summed E-state index contributed by atoms with van der Waals surface area (Å²) in [5.74, 6) is -3.16. The maximum absolute atomic E-state index is 13.2. The number of ether oxygens (including phenoxy) is 5. The van der Waals surface area contributed by atoms with Gasteiger partial charge in [-0.25, -0.2) is 4.79 Å². The van der Waals surface area contributed by atoms with Crippen molar-refractivity contribution in [3.05, 3.63) is 97.2 Å². The van der Waals surface area contributed by atoms with E-state index in [1.54, 1.807) is 0 Å². The van der Waals surface area contributed by atoms with E-state index in [0.29, 0.717) is 19.3 Å². The highest BCUT2D eigenvalue weighted by atomic mass is 16.7. The van der Waals surface area contributed by atoms with Gasteiger partial charge in [-0.3, -0.25) is 14.4 Å². The lowest BCUT2D eigenvalue weighted by Gasteiger charge is -2.40. The molecule has 1 fully saturated rings. The Kier molecular flexibility index (Phi) is 49.9. The minimum absolute atomic E-state index is 0.0443. The van der Waals surface area contributed by atoms with Crippen LogP contribution in [0.3, 0.4) is 0 Å². The third kappa shape index (κ3) is 44.0. The quantitative estimate of drug-likeness (QED) is 0.0228. The van der Waals surface area contributed by atoms with Crippen LogP contribution < -0.4 is 0 Å². The fourth-order valence-electron chi connectivity index (χ4n) is 8.90. The zero-order valence-electron chi connectivity index (χ0n) is 49.6. The van der Waals surface area contributed by atoms with Gasteiger partial charge in [0.2, 0.25) is 0 Å². The molecule has 1 heterocycles. The van der Waals surface area contributed by atoms with Crippen molar-refractivity contribution in [3.8, 4) is 0 Å². The van der Waals surface area contributed by atoms with Gasteiger partial charge in [0.05, 0.1) is 6.61 Å². The first kappa shape index (κ1) is 72.7. The second-order valence-electron chi connectivity index (χ2n) is 20.9. The van der Waals surface area contributed by atoms with Crippen molar-refractivity contribution in [2.75, 3.05) is 13.2 Å². The summed E-state index contributed by atoms with van der Waals surface area (Å²) < 4.78 is 28.5. The van der Waals surface area contributed by atoms with Crippen LogP contribution in [0.15, 0.2) is 97.2 Å². The van der Waals surface area contributed by atoms with E-state index < -0.39 is 67.3 Å². The second-order valence-corrected chi connectivity index (χ2v) is 20.9. The molecule has 0 aliphatic carbocycles. The lowest BCUT2D eigenvalue weighted by molar-refractivity contribution is -0.301. The summed E-state index contributed by atoms with van der Waals surface area (Å²) in [6, 6.07) is 0. The van der Waals surface area contributed by atoms with Gasteiger partial charge in [0.1, 0.15) is 18.8 Å². The predicted octanol–water partition coefficient (Wildman–Crippen LogP) is 16.5. The Bertz CT molecular complexity index is 1740. The zero-order chi connectivity index (χ0) is 57.5. The van der Waals surface area contributed by atoms with E-state index in [4.69, 9.17) is 23.7 Å². The number of carbonyl (C=O) groups excluding carboxylic acids is 3. The van der Waals surface area contributed by atoms with E-state index in [0.717, 1.165) is 167 Å². The molecule has 0 bridgehead atoms. The highest BCUT2D eigenvalue weighted by Crippen LogP contribution is 2.26. The number of carboxylic acid groups (broad SMARTS) is 1. The van der Waals surface area contributed by atoms with E-state index in [9.17, 15) is 34.5 Å². The molecule has 6 atom stereocenters.